The maximum Gasteiger partial charge on any atom is 0.330 e. The number of ether oxygens (including phenoxy) is 1. The van der Waals surface area contributed by atoms with Gasteiger partial charge in [0.15, 0.2) is 10.9 Å². The van der Waals surface area contributed by atoms with Crippen LogP contribution in [0.5, 0.6) is 0 Å². The summed E-state index contributed by atoms with van der Waals surface area (Å²) in [5.41, 5.74) is 5.65. The van der Waals surface area contributed by atoms with Crippen molar-refractivity contribution in [2.45, 2.75) is 30.6 Å². The van der Waals surface area contributed by atoms with Crippen LogP contribution in [0.15, 0.2) is 45.1 Å². The standard InChI is InChI=1S/C22H25N7O4S/c23-18-17(19(31)24-21(32)29(18)15-6-7-15)16(30)13-34-22-26-25-20(27-8-10-33-11-9-27)28(22)12-14-4-2-1-3-5-14/h1-5,15H,6-13,23H2,(H,24,31,32). The Morgan fingerprint density at radius 2 is 1.88 bits per heavy atom. The number of benzene rings is 1. The van der Waals surface area contributed by atoms with Crippen molar-refractivity contribution in [2.75, 3.05) is 42.7 Å². The number of carbonyl (C=O) groups is 1. The summed E-state index contributed by atoms with van der Waals surface area (Å²) in [7, 11) is 0. The summed E-state index contributed by atoms with van der Waals surface area (Å²) in [5, 5.41) is 9.29. The molecule has 0 amide bonds. The number of aromatic amines is 1. The third kappa shape index (κ3) is 4.50. The molecule has 11 nitrogen and oxygen atoms in total. The third-order valence-corrected chi connectivity index (χ3v) is 6.85. The number of hydrogen-bond donors (Lipinski definition) is 2. The number of Topliss-reactive ketones (excluding diaryl/α,β-unsaturated/α-hetero) is 1. The lowest BCUT2D eigenvalue weighted by atomic mass is 10.2. The summed E-state index contributed by atoms with van der Waals surface area (Å²) in [6.45, 7) is 3.15. The Hall–Kier alpha value is -3.38. The summed E-state index contributed by atoms with van der Waals surface area (Å²) in [6.07, 6.45) is 1.59. The van der Waals surface area contributed by atoms with Crippen molar-refractivity contribution in [3.8, 4) is 0 Å². The van der Waals surface area contributed by atoms with Gasteiger partial charge >= 0.3 is 5.69 Å². The summed E-state index contributed by atoms with van der Waals surface area (Å²) in [4.78, 5) is 41.9. The molecule has 34 heavy (non-hydrogen) atoms. The number of nitrogens with one attached hydrogen (secondary N) is 1. The van der Waals surface area contributed by atoms with Crippen LogP contribution in [0, 0.1) is 0 Å². The second kappa shape index (κ2) is 9.47. The number of nitrogens with two attached hydrogens (primary N) is 1. The van der Waals surface area contributed by atoms with Gasteiger partial charge < -0.3 is 15.4 Å². The quantitative estimate of drug-likeness (QED) is 0.353. The van der Waals surface area contributed by atoms with Crippen LogP contribution in [0.4, 0.5) is 11.8 Å². The number of H-pyrrole nitrogens is 1. The Balaban J connectivity index is 1.41. The van der Waals surface area contributed by atoms with Gasteiger partial charge in [-0.2, -0.15) is 0 Å². The Labute approximate surface area is 198 Å². The van der Waals surface area contributed by atoms with Crippen LogP contribution in [-0.4, -0.2) is 62.2 Å². The second-order valence-electron chi connectivity index (χ2n) is 8.29. The van der Waals surface area contributed by atoms with E-state index in [9.17, 15) is 14.4 Å². The summed E-state index contributed by atoms with van der Waals surface area (Å²) in [6, 6.07) is 9.86. The van der Waals surface area contributed by atoms with E-state index in [1.807, 2.05) is 34.9 Å². The van der Waals surface area contributed by atoms with Crippen LogP contribution < -0.4 is 21.9 Å². The molecule has 12 heteroatoms. The molecule has 1 saturated heterocycles. The molecule has 0 bridgehead atoms. The molecule has 1 aromatic carbocycles. The van der Waals surface area contributed by atoms with Crippen molar-refractivity contribution in [1.29, 1.82) is 0 Å². The molecule has 0 unspecified atom stereocenters. The average Bonchev–Trinajstić information content (AvgIpc) is 3.59. The minimum Gasteiger partial charge on any atom is -0.384 e. The van der Waals surface area contributed by atoms with Gasteiger partial charge in [-0.25, -0.2) is 4.79 Å². The first-order valence-electron chi connectivity index (χ1n) is 11.1. The number of rotatable bonds is 8. The van der Waals surface area contributed by atoms with Crippen molar-refractivity contribution in [1.82, 2.24) is 24.3 Å². The Bertz CT molecular complexity index is 1310. The smallest absolute Gasteiger partial charge is 0.330 e. The number of anilines is 2. The number of hydrogen-bond acceptors (Lipinski definition) is 9. The first-order valence-corrected chi connectivity index (χ1v) is 12.1. The van der Waals surface area contributed by atoms with Crippen LogP contribution in [0.2, 0.25) is 0 Å². The molecule has 2 fully saturated rings. The van der Waals surface area contributed by atoms with Crippen LogP contribution >= 0.6 is 11.8 Å². The molecule has 5 rings (SSSR count). The lowest BCUT2D eigenvalue weighted by molar-refractivity contribution is 0.102. The Morgan fingerprint density at radius 3 is 2.59 bits per heavy atom. The third-order valence-electron chi connectivity index (χ3n) is 5.88. The highest BCUT2D eigenvalue weighted by atomic mass is 32.2. The van der Waals surface area contributed by atoms with Crippen molar-refractivity contribution in [3.63, 3.8) is 0 Å². The van der Waals surface area contributed by atoms with Crippen LogP contribution in [0.1, 0.15) is 34.8 Å². The normalized spacial score (nSPS) is 16.1. The molecular weight excluding hydrogens is 458 g/mol. The fourth-order valence-corrected chi connectivity index (χ4v) is 4.83. The molecule has 0 atom stereocenters. The van der Waals surface area contributed by atoms with E-state index in [2.05, 4.69) is 20.1 Å². The maximum absolute atomic E-state index is 13.0. The van der Waals surface area contributed by atoms with Gasteiger partial charge in [0.1, 0.15) is 11.4 Å². The zero-order valence-electron chi connectivity index (χ0n) is 18.5. The van der Waals surface area contributed by atoms with Crippen molar-refractivity contribution < 1.29 is 9.53 Å². The van der Waals surface area contributed by atoms with Gasteiger partial charge in [0, 0.05) is 19.1 Å². The van der Waals surface area contributed by atoms with Crippen LogP contribution in [0.25, 0.3) is 0 Å². The predicted octanol–water partition coefficient (Wildman–Crippen LogP) is 0.905. The minimum atomic E-state index is -0.759. The predicted molar refractivity (Wildman–Crippen MR) is 128 cm³/mol. The molecule has 3 N–H and O–H groups in total. The van der Waals surface area contributed by atoms with Crippen molar-refractivity contribution in [3.05, 3.63) is 62.3 Å². The van der Waals surface area contributed by atoms with Crippen molar-refractivity contribution >= 4 is 29.3 Å². The van der Waals surface area contributed by atoms with E-state index in [1.54, 1.807) is 0 Å². The lowest BCUT2D eigenvalue weighted by Crippen LogP contribution is -2.38. The largest absolute Gasteiger partial charge is 0.384 e. The minimum absolute atomic E-state index is 0.0615. The lowest BCUT2D eigenvalue weighted by Gasteiger charge is -2.28. The van der Waals surface area contributed by atoms with Crippen LogP contribution in [0.3, 0.4) is 0 Å². The highest BCUT2D eigenvalue weighted by Crippen LogP contribution is 2.35. The van der Waals surface area contributed by atoms with Gasteiger partial charge in [0.05, 0.1) is 25.5 Å². The Morgan fingerprint density at radius 1 is 1.15 bits per heavy atom. The van der Waals surface area contributed by atoms with E-state index in [-0.39, 0.29) is 23.2 Å². The number of nitrogen functional groups attached to an aromatic ring is 1. The number of nitrogens with zero attached hydrogens (tertiary/aromatic N) is 5. The maximum atomic E-state index is 13.0. The molecule has 3 heterocycles. The highest BCUT2D eigenvalue weighted by Gasteiger charge is 2.30. The zero-order chi connectivity index (χ0) is 23.7. The molecule has 3 aromatic rings. The fourth-order valence-electron chi connectivity index (χ4n) is 4.02. The molecule has 1 aliphatic heterocycles. The summed E-state index contributed by atoms with van der Waals surface area (Å²) in [5.74, 6) is 0.121. The van der Waals surface area contributed by atoms with Gasteiger partial charge in [0.25, 0.3) is 5.56 Å². The molecule has 0 radical (unpaired) electrons. The van der Waals surface area contributed by atoms with Gasteiger partial charge in [-0.05, 0) is 18.4 Å². The monoisotopic (exact) mass is 483 g/mol. The molecule has 1 saturated carbocycles. The zero-order valence-corrected chi connectivity index (χ0v) is 19.3. The van der Waals surface area contributed by atoms with E-state index in [0.717, 1.165) is 18.4 Å². The topological polar surface area (TPSA) is 141 Å². The van der Waals surface area contributed by atoms with Gasteiger partial charge in [-0.3, -0.25) is 23.7 Å². The van der Waals surface area contributed by atoms with Gasteiger partial charge in [0.2, 0.25) is 5.95 Å². The molecule has 178 valence electrons. The van der Waals surface area contributed by atoms with Crippen molar-refractivity contribution in [2.24, 2.45) is 0 Å². The SMILES string of the molecule is Nc1c(C(=O)CSc2nnc(N3CCOCC3)n2Cc2ccccc2)c(=O)[nH]c(=O)n1C1CC1. The van der Waals surface area contributed by atoms with E-state index in [0.29, 0.717) is 44.0 Å². The highest BCUT2D eigenvalue weighted by molar-refractivity contribution is 7.99. The molecular formula is C22H25N7O4S. The number of ketones is 1. The molecule has 0 spiro atoms. The number of morpholine rings is 1. The molecule has 2 aliphatic rings. The van der Waals surface area contributed by atoms with Crippen LogP contribution in [-0.2, 0) is 11.3 Å². The molecule has 1 aliphatic carbocycles. The van der Waals surface area contributed by atoms with E-state index in [1.165, 1.54) is 16.3 Å². The van der Waals surface area contributed by atoms with E-state index in [4.69, 9.17) is 10.5 Å². The average molecular weight is 484 g/mol. The van der Waals surface area contributed by atoms with E-state index >= 15 is 0 Å². The number of aromatic nitrogens is 5. The summed E-state index contributed by atoms with van der Waals surface area (Å²) < 4.78 is 8.74. The number of thioether (sulfide) groups is 1. The summed E-state index contributed by atoms with van der Waals surface area (Å²) >= 11 is 1.19. The van der Waals surface area contributed by atoms with Gasteiger partial charge in [-0.1, -0.05) is 42.1 Å². The molecule has 2 aromatic heterocycles. The number of carbonyl (C=O) groups excluding carboxylic acids is 1. The Kier molecular flexibility index (Phi) is 6.24. The van der Waals surface area contributed by atoms with E-state index < -0.39 is 17.0 Å². The fraction of sp³-hybridized carbons (Fsp3) is 0.409. The first kappa shape index (κ1) is 22.4. The second-order valence-corrected chi connectivity index (χ2v) is 9.23. The van der Waals surface area contributed by atoms with Gasteiger partial charge in [-0.15, -0.1) is 10.2 Å². The first-order chi connectivity index (χ1) is 16.5.